The van der Waals surface area contributed by atoms with Gasteiger partial charge >= 0.3 is 0 Å². The van der Waals surface area contributed by atoms with Crippen molar-refractivity contribution in [3.63, 3.8) is 0 Å². The zero-order valence-corrected chi connectivity index (χ0v) is 13.7. The van der Waals surface area contributed by atoms with Gasteiger partial charge in [-0.05, 0) is 49.2 Å². The minimum atomic E-state index is -0.237. The molecule has 0 aliphatic rings. The average molecular weight is 352 g/mol. The van der Waals surface area contributed by atoms with Crippen molar-refractivity contribution < 1.29 is 9.50 Å². The summed E-state index contributed by atoms with van der Waals surface area (Å²) in [7, 11) is 0. The van der Waals surface area contributed by atoms with Gasteiger partial charge in [-0.15, -0.1) is 0 Å². The Morgan fingerprint density at radius 2 is 2.00 bits per heavy atom. The van der Waals surface area contributed by atoms with Crippen LogP contribution >= 0.6 is 15.9 Å². The molecule has 2 nitrogen and oxygen atoms in total. The standard InChI is InChI=1S/C17H19BrFNO/c1-3-16(15-10-13(18)7-8-17(15)21)20-11(2)12-5-4-6-14(19)9-12/h4-11,16,20-21H,3H2,1-2H3/t11-,16?/m0/s1. The lowest BCUT2D eigenvalue weighted by Crippen LogP contribution is -2.24. The second-order valence-corrected chi connectivity index (χ2v) is 6.02. The molecule has 0 fully saturated rings. The van der Waals surface area contributed by atoms with Crippen LogP contribution < -0.4 is 5.32 Å². The summed E-state index contributed by atoms with van der Waals surface area (Å²) in [6.07, 6.45) is 0.823. The van der Waals surface area contributed by atoms with Gasteiger partial charge in [0, 0.05) is 22.1 Å². The summed E-state index contributed by atoms with van der Waals surface area (Å²) in [6.45, 7) is 4.04. The third-order valence-corrected chi connectivity index (χ3v) is 4.07. The van der Waals surface area contributed by atoms with Gasteiger partial charge < -0.3 is 10.4 Å². The third kappa shape index (κ3) is 4.05. The molecule has 0 bridgehead atoms. The van der Waals surface area contributed by atoms with Crippen LogP contribution in [-0.4, -0.2) is 5.11 Å². The first-order valence-electron chi connectivity index (χ1n) is 7.01. The van der Waals surface area contributed by atoms with Crippen LogP contribution in [-0.2, 0) is 0 Å². The molecule has 0 aliphatic carbocycles. The number of nitrogens with one attached hydrogen (secondary N) is 1. The predicted molar refractivity (Wildman–Crippen MR) is 86.8 cm³/mol. The maximum absolute atomic E-state index is 13.3. The van der Waals surface area contributed by atoms with Gasteiger partial charge in [0.1, 0.15) is 11.6 Å². The largest absolute Gasteiger partial charge is 0.508 e. The zero-order chi connectivity index (χ0) is 15.4. The number of aromatic hydroxyl groups is 1. The fourth-order valence-electron chi connectivity index (χ4n) is 2.41. The monoisotopic (exact) mass is 351 g/mol. The number of phenols is 1. The number of hydrogen-bond acceptors (Lipinski definition) is 2. The molecule has 0 amide bonds. The molecule has 0 radical (unpaired) electrons. The summed E-state index contributed by atoms with van der Waals surface area (Å²) >= 11 is 3.43. The van der Waals surface area contributed by atoms with Gasteiger partial charge in [0.2, 0.25) is 0 Å². The van der Waals surface area contributed by atoms with E-state index < -0.39 is 0 Å². The summed E-state index contributed by atoms with van der Waals surface area (Å²) in [5, 5.41) is 13.5. The minimum Gasteiger partial charge on any atom is -0.508 e. The molecular formula is C17H19BrFNO. The van der Waals surface area contributed by atoms with Gasteiger partial charge in [-0.3, -0.25) is 0 Å². The summed E-state index contributed by atoms with van der Waals surface area (Å²) in [4.78, 5) is 0. The van der Waals surface area contributed by atoms with Gasteiger partial charge in [-0.25, -0.2) is 4.39 Å². The Bertz CT molecular complexity index is 617. The van der Waals surface area contributed by atoms with E-state index in [1.54, 1.807) is 12.1 Å². The van der Waals surface area contributed by atoms with Crippen LogP contribution in [0, 0.1) is 5.82 Å². The predicted octanol–water partition coefficient (Wildman–Crippen LogP) is 5.10. The molecule has 0 saturated heterocycles. The number of hydrogen-bond donors (Lipinski definition) is 2. The first kappa shape index (κ1) is 16.0. The molecule has 2 aromatic carbocycles. The molecule has 2 N–H and O–H groups in total. The maximum atomic E-state index is 13.3. The van der Waals surface area contributed by atoms with Crippen LogP contribution in [0.5, 0.6) is 5.75 Å². The first-order valence-corrected chi connectivity index (χ1v) is 7.80. The van der Waals surface area contributed by atoms with Crippen molar-refractivity contribution in [1.29, 1.82) is 0 Å². The van der Waals surface area contributed by atoms with Crippen molar-refractivity contribution in [3.8, 4) is 5.75 Å². The van der Waals surface area contributed by atoms with Gasteiger partial charge in [-0.2, -0.15) is 0 Å². The quantitative estimate of drug-likeness (QED) is 0.785. The molecule has 1 unspecified atom stereocenters. The minimum absolute atomic E-state index is 0.000711. The lowest BCUT2D eigenvalue weighted by Gasteiger charge is -2.24. The second-order valence-electron chi connectivity index (χ2n) is 5.11. The van der Waals surface area contributed by atoms with E-state index in [1.165, 1.54) is 12.1 Å². The summed E-state index contributed by atoms with van der Waals surface area (Å²) in [6, 6.07) is 12.0. The Hall–Kier alpha value is -1.39. The lowest BCUT2D eigenvalue weighted by atomic mass is 10.0. The van der Waals surface area contributed by atoms with Crippen LogP contribution in [0.3, 0.4) is 0 Å². The second kappa shape index (κ2) is 7.05. The Morgan fingerprint density at radius 3 is 2.67 bits per heavy atom. The topological polar surface area (TPSA) is 32.3 Å². The van der Waals surface area contributed by atoms with Crippen LogP contribution in [0.1, 0.15) is 43.5 Å². The fourth-order valence-corrected chi connectivity index (χ4v) is 2.78. The van der Waals surface area contributed by atoms with E-state index in [1.807, 2.05) is 25.1 Å². The summed E-state index contributed by atoms with van der Waals surface area (Å²) in [5.74, 6) is 0.0310. The molecule has 0 spiro atoms. The van der Waals surface area contributed by atoms with Gasteiger partial charge in [0.15, 0.2) is 0 Å². The van der Waals surface area contributed by atoms with E-state index in [-0.39, 0.29) is 23.7 Å². The third-order valence-electron chi connectivity index (χ3n) is 3.57. The van der Waals surface area contributed by atoms with Crippen molar-refractivity contribution >= 4 is 15.9 Å². The van der Waals surface area contributed by atoms with E-state index >= 15 is 0 Å². The van der Waals surface area contributed by atoms with E-state index in [9.17, 15) is 9.50 Å². The molecule has 2 rings (SSSR count). The average Bonchev–Trinajstić information content (AvgIpc) is 2.47. The molecule has 0 aromatic heterocycles. The number of halogens is 2. The smallest absolute Gasteiger partial charge is 0.123 e. The van der Waals surface area contributed by atoms with Crippen molar-refractivity contribution in [2.75, 3.05) is 0 Å². The highest BCUT2D eigenvalue weighted by Crippen LogP contribution is 2.31. The van der Waals surface area contributed by atoms with Crippen LogP contribution in [0.2, 0.25) is 0 Å². The van der Waals surface area contributed by atoms with Gasteiger partial charge in [-0.1, -0.05) is 35.0 Å². The highest BCUT2D eigenvalue weighted by Gasteiger charge is 2.17. The van der Waals surface area contributed by atoms with E-state index in [2.05, 4.69) is 28.2 Å². The normalized spacial score (nSPS) is 13.9. The van der Waals surface area contributed by atoms with Crippen LogP contribution in [0.4, 0.5) is 4.39 Å². The van der Waals surface area contributed by atoms with Crippen LogP contribution in [0.25, 0.3) is 0 Å². The van der Waals surface area contributed by atoms with Crippen LogP contribution in [0.15, 0.2) is 46.9 Å². The fraction of sp³-hybridized carbons (Fsp3) is 0.294. The molecule has 0 heterocycles. The Morgan fingerprint density at radius 1 is 1.24 bits per heavy atom. The highest BCUT2D eigenvalue weighted by atomic mass is 79.9. The van der Waals surface area contributed by atoms with Gasteiger partial charge in [0.05, 0.1) is 0 Å². The first-order chi connectivity index (χ1) is 10.0. The molecule has 0 saturated carbocycles. The summed E-state index contributed by atoms with van der Waals surface area (Å²) in [5.41, 5.74) is 1.73. The molecular weight excluding hydrogens is 333 g/mol. The van der Waals surface area contributed by atoms with E-state index in [0.717, 1.165) is 22.0 Å². The molecule has 0 aliphatic heterocycles. The zero-order valence-electron chi connectivity index (χ0n) is 12.1. The lowest BCUT2D eigenvalue weighted by molar-refractivity contribution is 0.418. The molecule has 2 atom stereocenters. The van der Waals surface area contributed by atoms with Crippen molar-refractivity contribution in [3.05, 3.63) is 63.9 Å². The van der Waals surface area contributed by atoms with E-state index in [0.29, 0.717) is 0 Å². The number of rotatable bonds is 5. The van der Waals surface area contributed by atoms with E-state index in [4.69, 9.17) is 0 Å². The highest BCUT2D eigenvalue weighted by molar-refractivity contribution is 9.10. The Kier molecular flexibility index (Phi) is 5.37. The Balaban J connectivity index is 2.20. The van der Waals surface area contributed by atoms with Crippen molar-refractivity contribution in [1.82, 2.24) is 5.32 Å². The SMILES string of the molecule is CCC(N[C@@H](C)c1cccc(F)c1)c1cc(Br)ccc1O. The van der Waals surface area contributed by atoms with Crippen molar-refractivity contribution in [2.45, 2.75) is 32.4 Å². The molecule has 2 aromatic rings. The summed E-state index contributed by atoms with van der Waals surface area (Å²) < 4.78 is 14.2. The maximum Gasteiger partial charge on any atom is 0.123 e. The Labute approximate surface area is 133 Å². The number of benzene rings is 2. The number of phenolic OH excluding ortho intramolecular Hbond substituents is 1. The molecule has 21 heavy (non-hydrogen) atoms. The van der Waals surface area contributed by atoms with Crippen molar-refractivity contribution in [2.24, 2.45) is 0 Å². The molecule has 4 heteroatoms. The van der Waals surface area contributed by atoms with Gasteiger partial charge in [0.25, 0.3) is 0 Å². The molecule has 112 valence electrons.